The Morgan fingerprint density at radius 1 is 1.31 bits per heavy atom. The van der Waals surface area contributed by atoms with Gasteiger partial charge in [0.15, 0.2) is 0 Å². The molecule has 0 saturated carbocycles. The van der Waals surface area contributed by atoms with Gasteiger partial charge in [0.25, 0.3) is 0 Å². The van der Waals surface area contributed by atoms with Gasteiger partial charge in [-0.25, -0.2) is 0 Å². The highest BCUT2D eigenvalue weighted by Gasteiger charge is 2.20. The SMILES string of the molecule is COc1ccc2c(c1)CCc1c(C)nsc1-2. The van der Waals surface area contributed by atoms with E-state index in [4.69, 9.17) is 4.74 Å². The predicted octanol–water partition coefficient (Wildman–Crippen LogP) is 3.23. The lowest BCUT2D eigenvalue weighted by atomic mass is 9.90. The highest BCUT2D eigenvalue weighted by atomic mass is 32.1. The molecular weight excluding hydrogens is 218 g/mol. The smallest absolute Gasteiger partial charge is 0.119 e. The minimum Gasteiger partial charge on any atom is -0.497 e. The van der Waals surface area contributed by atoms with Crippen LogP contribution in [0.15, 0.2) is 18.2 Å². The third-order valence-electron chi connectivity index (χ3n) is 3.19. The van der Waals surface area contributed by atoms with E-state index in [-0.39, 0.29) is 0 Å². The average Bonchev–Trinajstić information content (AvgIpc) is 2.70. The fourth-order valence-electron chi connectivity index (χ4n) is 2.28. The summed E-state index contributed by atoms with van der Waals surface area (Å²) in [5.41, 5.74) is 5.35. The Balaban J connectivity index is 2.18. The van der Waals surface area contributed by atoms with Gasteiger partial charge in [0.1, 0.15) is 5.75 Å². The van der Waals surface area contributed by atoms with Gasteiger partial charge in [-0.15, -0.1) is 0 Å². The molecule has 0 bridgehead atoms. The van der Waals surface area contributed by atoms with Crippen molar-refractivity contribution < 1.29 is 4.74 Å². The van der Waals surface area contributed by atoms with Gasteiger partial charge >= 0.3 is 0 Å². The molecule has 2 nitrogen and oxygen atoms in total. The Morgan fingerprint density at radius 2 is 2.19 bits per heavy atom. The molecule has 1 aliphatic carbocycles. The second kappa shape index (κ2) is 3.59. The number of hydrogen-bond donors (Lipinski definition) is 0. The molecule has 0 saturated heterocycles. The van der Waals surface area contributed by atoms with E-state index in [9.17, 15) is 0 Å². The van der Waals surface area contributed by atoms with E-state index in [2.05, 4.69) is 23.4 Å². The van der Waals surface area contributed by atoms with Crippen LogP contribution < -0.4 is 4.74 Å². The Morgan fingerprint density at radius 3 is 3.00 bits per heavy atom. The summed E-state index contributed by atoms with van der Waals surface area (Å²) in [6.07, 6.45) is 2.20. The molecule has 3 rings (SSSR count). The summed E-state index contributed by atoms with van der Waals surface area (Å²) in [6, 6.07) is 6.33. The quantitative estimate of drug-likeness (QED) is 0.751. The highest BCUT2D eigenvalue weighted by molar-refractivity contribution is 7.09. The first-order chi connectivity index (χ1) is 7.79. The van der Waals surface area contributed by atoms with E-state index in [1.54, 1.807) is 18.6 Å². The van der Waals surface area contributed by atoms with Crippen molar-refractivity contribution in [3.8, 4) is 16.2 Å². The van der Waals surface area contributed by atoms with Crippen molar-refractivity contribution in [2.45, 2.75) is 19.8 Å². The molecule has 0 unspecified atom stereocenters. The second-order valence-corrected chi connectivity index (χ2v) is 4.87. The summed E-state index contributed by atoms with van der Waals surface area (Å²) in [5, 5.41) is 0. The Labute approximate surface area is 99.1 Å². The molecule has 3 heteroatoms. The van der Waals surface area contributed by atoms with E-state index in [1.807, 2.05) is 6.07 Å². The number of nitrogens with zero attached hydrogens (tertiary/aromatic N) is 1. The van der Waals surface area contributed by atoms with Crippen molar-refractivity contribution in [1.29, 1.82) is 0 Å². The van der Waals surface area contributed by atoms with Crippen LogP contribution in [0.5, 0.6) is 5.75 Å². The average molecular weight is 231 g/mol. The van der Waals surface area contributed by atoms with Crippen molar-refractivity contribution in [2.24, 2.45) is 0 Å². The van der Waals surface area contributed by atoms with Crippen LogP contribution in [-0.2, 0) is 12.8 Å². The summed E-state index contributed by atoms with van der Waals surface area (Å²) < 4.78 is 9.71. The Kier molecular flexibility index (Phi) is 2.21. The number of fused-ring (bicyclic) bond motifs is 3. The van der Waals surface area contributed by atoms with Crippen molar-refractivity contribution in [2.75, 3.05) is 7.11 Å². The van der Waals surface area contributed by atoms with Crippen LogP contribution in [0.2, 0.25) is 0 Å². The van der Waals surface area contributed by atoms with E-state index < -0.39 is 0 Å². The summed E-state index contributed by atoms with van der Waals surface area (Å²) >= 11 is 1.62. The van der Waals surface area contributed by atoms with Crippen LogP contribution in [0.25, 0.3) is 10.4 Å². The molecule has 0 radical (unpaired) electrons. The van der Waals surface area contributed by atoms with Crippen molar-refractivity contribution in [3.63, 3.8) is 0 Å². The zero-order chi connectivity index (χ0) is 11.1. The van der Waals surface area contributed by atoms with Crippen LogP contribution in [0.3, 0.4) is 0 Å². The first kappa shape index (κ1) is 9.85. The molecule has 1 aromatic carbocycles. The summed E-state index contributed by atoms with van der Waals surface area (Å²) in [5.74, 6) is 0.948. The summed E-state index contributed by atoms with van der Waals surface area (Å²) in [6.45, 7) is 2.10. The highest BCUT2D eigenvalue weighted by Crippen LogP contribution is 2.39. The van der Waals surface area contributed by atoms with Gasteiger partial charge in [-0.05, 0) is 66.2 Å². The van der Waals surface area contributed by atoms with Gasteiger partial charge in [-0.3, -0.25) is 0 Å². The van der Waals surface area contributed by atoms with Gasteiger partial charge in [0.2, 0.25) is 0 Å². The fourth-order valence-corrected chi connectivity index (χ4v) is 3.28. The fraction of sp³-hybridized carbons (Fsp3) is 0.308. The predicted molar refractivity (Wildman–Crippen MR) is 66.2 cm³/mol. The Hall–Kier alpha value is -1.35. The third kappa shape index (κ3) is 1.35. The summed E-state index contributed by atoms with van der Waals surface area (Å²) in [4.78, 5) is 1.35. The lowest BCUT2D eigenvalue weighted by molar-refractivity contribution is 0.414. The van der Waals surface area contributed by atoms with E-state index in [0.29, 0.717) is 0 Å². The number of aromatic nitrogens is 1. The second-order valence-electron chi connectivity index (χ2n) is 4.10. The van der Waals surface area contributed by atoms with Crippen molar-refractivity contribution >= 4 is 11.5 Å². The molecule has 0 fully saturated rings. The molecule has 1 aromatic heterocycles. The number of aryl methyl sites for hydroxylation is 2. The normalized spacial score (nSPS) is 13.1. The topological polar surface area (TPSA) is 22.1 Å². The van der Waals surface area contributed by atoms with Gasteiger partial charge in [-0.2, -0.15) is 4.37 Å². The zero-order valence-electron chi connectivity index (χ0n) is 9.41. The van der Waals surface area contributed by atoms with E-state index >= 15 is 0 Å². The third-order valence-corrected chi connectivity index (χ3v) is 4.20. The van der Waals surface area contributed by atoms with Crippen LogP contribution in [0.1, 0.15) is 16.8 Å². The molecule has 0 aliphatic heterocycles. The maximum Gasteiger partial charge on any atom is 0.119 e. The monoisotopic (exact) mass is 231 g/mol. The standard InChI is InChI=1S/C13H13NOS/c1-8-11-5-3-9-7-10(15-2)4-6-12(9)13(11)16-14-8/h4,6-7H,3,5H2,1-2H3. The number of benzene rings is 1. The molecule has 82 valence electrons. The van der Waals surface area contributed by atoms with Crippen LogP contribution >= 0.6 is 11.5 Å². The summed E-state index contributed by atoms with van der Waals surface area (Å²) in [7, 11) is 1.72. The largest absolute Gasteiger partial charge is 0.497 e. The molecule has 0 atom stereocenters. The van der Waals surface area contributed by atoms with Crippen LogP contribution in [0.4, 0.5) is 0 Å². The maximum absolute atomic E-state index is 5.26. The molecule has 0 N–H and O–H groups in total. The number of hydrogen-bond acceptors (Lipinski definition) is 3. The lowest BCUT2D eigenvalue weighted by Crippen LogP contribution is -2.02. The maximum atomic E-state index is 5.26. The van der Waals surface area contributed by atoms with Gasteiger partial charge < -0.3 is 4.74 Å². The molecule has 2 aromatic rings. The number of rotatable bonds is 1. The van der Waals surface area contributed by atoms with Crippen molar-refractivity contribution in [1.82, 2.24) is 4.37 Å². The number of methoxy groups -OCH3 is 1. The van der Waals surface area contributed by atoms with Crippen LogP contribution in [-0.4, -0.2) is 11.5 Å². The van der Waals surface area contributed by atoms with Crippen LogP contribution in [0, 0.1) is 6.92 Å². The molecule has 16 heavy (non-hydrogen) atoms. The first-order valence-electron chi connectivity index (χ1n) is 5.42. The van der Waals surface area contributed by atoms with Gasteiger partial charge in [-0.1, -0.05) is 0 Å². The molecule has 1 aliphatic rings. The molecule has 0 spiro atoms. The molecule has 0 amide bonds. The molecule has 1 heterocycles. The van der Waals surface area contributed by atoms with E-state index in [0.717, 1.165) is 18.6 Å². The zero-order valence-corrected chi connectivity index (χ0v) is 10.2. The minimum absolute atomic E-state index is 0.948. The first-order valence-corrected chi connectivity index (χ1v) is 6.19. The minimum atomic E-state index is 0.948. The Bertz CT molecular complexity index is 545. The van der Waals surface area contributed by atoms with E-state index in [1.165, 1.54) is 27.3 Å². The lowest BCUT2D eigenvalue weighted by Gasteiger charge is -2.16. The number of ether oxygens (including phenoxy) is 1. The van der Waals surface area contributed by atoms with Crippen molar-refractivity contribution in [3.05, 3.63) is 35.0 Å². The van der Waals surface area contributed by atoms with Gasteiger partial charge in [0, 0.05) is 0 Å². The molecular formula is C13H13NOS. The van der Waals surface area contributed by atoms with Gasteiger partial charge in [0.05, 0.1) is 17.7 Å².